The fourth-order valence-electron chi connectivity index (χ4n) is 3.53. The van der Waals surface area contributed by atoms with E-state index in [1.165, 1.54) is 18.2 Å². The molecule has 3 rings (SSSR count). The Morgan fingerprint density at radius 3 is 2.50 bits per heavy atom. The van der Waals surface area contributed by atoms with Crippen molar-refractivity contribution in [2.24, 2.45) is 10.7 Å². The molecule has 2 unspecified atom stereocenters. The summed E-state index contributed by atoms with van der Waals surface area (Å²) in [7, 11) is 1.68. The number of guanidine groups is 1. The number of primary amides is 1. The second-order valence-corrected chi connectivity index (χ2v) is 6.96. The topological polar surface area (TPSA) is 82.8 Å². The molecule has 8 heteroatoms. The largest absolute Gasteiger partial charge is 0.369 e. The van der Waals surface area contributed by atoms with Gasteiger partial charge in [-0.2, -0.15) is 0 Å². The maximum absolute atomic E-state index is 13.9. The summed E-state index contributed by atoms with van der Waals surface area (Å²) >= 11 is 0. The van der Waals surface area contributed by atoms with Crippen molar-refractivity contribution in [2.75, 3.05) is 26.7 Å². The van der Waals surface area contributed by atoms with Crippen molar-refractivity contribution in [3.8, 4) is 0 Å². The number of carbonyl (C=O) groups excluding carboxylic acids is 1. The molecule has 2 fully saturated rings. The number of benzene rings is 1. The molecule has 1 amide bonds. The van der Waals surface area contributed by atoms with Crippen LogP contribution in [0.1, 0.15) is 30.7 Å². The second-order valence-electron chi connectivity index (χ2n) is 6.96. The first-order valence-electron chi connectivity index (χ1n) is 8.92. The Kier molecular flexibility index (Phi) is 5.70. The molecule has 2 atom stereocenters. The number of amides is 1. The fraction of sp³-hybridized carbons (Fsp3) is 0.556. The van der Waals surface area contributed by atoms with Gasteiger partial charge in [0.05, 0.1) is 6.54 Å². The Hall–Kier alpha value is -2.22. The van der Waals surface area contributed by atoms with Crippen molar-refractivity contribution in [1.29, 1.82) is 0 Å². The van der Waals surface area contributed by atoms with Crippen LogP contribution in [0, 0.1) is 11.6 Å². The van der Waals surface area contributed by atoms with E-state index in [1.807, 2.05) is 4.90 Å². The summed E-state index contributed by atoms with van der Waals surface area (Å²) in [5, 5.41) is 6.61. The van der Waals surface area contributed by atoms with Crippen molar-refractivity contribution in [1.82, 2.24) is 15.5 Å². The van der Waals surface area contributed by atoms with Gasteiger partial charge in [-0.15, -0.1) is 0 Å². The van der Waals surface area contributed by atoms with Crippen LogP contribution in [0.15, 0.2) is 23.2 Å². The number of nitrogens with two attached hydrogens (primary N) is 1. The number of nitrogens with zero attached hydrogens (tertiary/aromatic N) is 2. The Morgan fingerprint density at radius 2 is 1.92 bits per heavy atom. The number of rotatable bonds is 5. The lowest BCUT2D eigenvalue weighted by Crippen LogP contribution is -2.50. The van der Waals surface area contributed by atoms with Crippen molar-refractivity contribution in [3.05, 3.63) is 35.4 Å². The third-order valence-corrected chi connectivity index (χ3v) is 5.01. The molecule has 0 spiro atoms. The number of nitrogens with one attached hydrogen (secondary N) is 2. The van der Waals surface area contributed by atoms with E-state index in [0.717, 1.165) is 25.9 Å². The predicted octanol–water partition coefficient (Wildman–Crippen LogP) is 0.935. The van der Waals surface area contributed by atoms with E-state index in [1.54, 1.807) is 7.05 Å². The van der Waals surface area contributed by atoms with Crippen LogP contribution in [0.5, 0.6) is 0 Å². The van der Waals surface area contributed by atoms with Gasteiger partial charge in [0, 0.05) is 43.7 Å². The average Bonchev–Trinajstić information content (AvgIpc) is 3.34. The molecule has 26 heavy (non-hydrogen) atoms. The Balaban J connectivity index is 1.49. The van der Waals surface area contributed by atoms with Crippen molar-refractivity contribution in [3.63, 3.8) is 0 Å². The van der Waals surface area contributed by atoms with Crippen LogP contribution >= 0.6 is 0 Å². The SMILES string of the molecule is CN=C(NC1CCN(CC(N)=O)CC1)NC1CC1c1c(F)cccc1F. The van der Waals surface area contributed by atoms with Gasteiger partial charge in [-0.1, -0.05) is 6.07 Å². The van der Waals surface area contributed by atoms with Crippen LogP contribution in [0.2, 0.25) is 0 Å². The van der Waals surface area contributed by atoms with Crippen molar-refractivity contribution < 1.29 is 13.6 Å². The minimum Gasteiger partial charge on any atom is -0.369 e. The molecular formula is C18H25F2N5O. The molecule has 1 aromatic rings. The van der Waals surface area contributed by atoms with Gasteiger partial charge in [-0.05, 0) is 31.4 Å². The van der Waals surface area contributed by atoms with Gasteiger partial charge in [0.15, 0.2) is 5.96 Å². The van der Waals surface area contributed by atoms with E-state index >= 15 is 0 Å². The number of hydrogen-bond donors (Lipinski definition) is 3. The third kappa shape index (κ3) is 4.49. The van der Waals surface area contributed by atoms with E-state index in [-0.39, 0.29) is 36.0 Å². The fourth-order valence-corrected chi connectivity index (χ4v) is 3.53. The summed E-state index contributed by atoms with van der Waals surface area (Å²) in [6.07, 6.45) is 2.43. The van der Waals surface area contributed by atoms with Crippen molar-refractivity contribution in [2.45, 2.75) is 37.3 Å². The van der Waals surface area contributed by atoms with Crippen molar-refractivity contribution >= 4 is 11.9 Å². The summed E-state index contributed by atoms with van der Waals surface area (Å²) in [4.78, 5) is 17.2. The number of carbonyl (C=O) groups is 1. The summed E-state index contributed by atoms with van der Waals surface area (Å²) < 4.78 is 27.8. The molecule has 1 aliphatic heterocycles. The van der Waals surface area contributed by atoms with Gasteiger partial charge in [0.1, 0.15) is 11.6 Å². The Morgan fingerprint density at radius 1 is 1.27 bits per heavy atom. The third-order valence-electron chi connectivity index (χ3n) is 5.01. The molecule has 1 saturated carbocycles. The zero-order valence-electron chi connectivity index (χ0n) is 14.8. The van der Waals surface area contributed by atoms with Gasteiger partial charge in [-0.3, -0.25) is 14.7 Å². The normalized spacial score (nSPS) is 24.3. The van der Waals surface area contributed by atoms with Crippen LogP contribution < -0.4 is 16.4 Å². The Labute approximate surface area is 151 Å². The summed E-state index contributed by atoms with van der Waals surface area (Å²) in [5.74, 6) is -0.836. The molecule has 1 aliphatic carbocycles. The summed E-state index contributed by atoms with van der Waals surface area (Å²) in [5.41, 5.74) is 5.38. The van der Waals surface area contributed by atoms with Gasteiger partial charge in [-0.25, -0.2) is 8.78 Å². The first kappa shape index (κ1) is 18.6. The number of piperidine rings is 1. The molecule has 6 nitrogen and oxygen atoms in total. The van der Waals surface area contributed by atoms with E-state index < -0.39 is 11.6 Å². The second kappa shape index (κ2) is 7.99. The minimum absolute atomic E-state index is 0.0254. The molecule has 142 valence electrons. The van der Waals surface area contributed by atoms with Crippen LogP contribution in [-0.4, -0.2) is 55.5 Å². The molecule has 2 aliphatic rings. The lowest BCUT2D eigenvalue weighted by molar-refractivity contribution is -0.119. The first-order valence-corrected chi connectivity index (χ1v) is 8.92. The zero-order valence-corrected chi connectivity index (χ0v) is 14.8. The maximum atomic E-state index is 13.9. The zero-order chi connectivity index (χ0) is 18.7. The van der Waals surface area contributed by atoms with Crippen LogP contribution in [0.25, 0.3) is 0 Å². The van der Waals surface area contributed by atoms with Gasteiger partial charge >= 0.3 is 0 Å². The van der Waals surface area contributed by atoms with E-state index in [9.17, 15) is 13.6 Å². The molecule has 4 N–H and O–H groups in total. The highest BCUT2D eigenvalue weighted by Crippen LogP contribution is 2.43. The van der Waals surface area contributed by atoms with Crippen LogP contribution in [0.4, 0.5) is 8.78 Å². The highest BCUT2D eigenvalue weighted by atomic mass is 19.1. The van der Waals surface area contributed by atoms with Gasteiger partial charge in [0.2, 0.25) is 5.91 Å². The molecule has 0 radical (unpaired) electrons. The lowest BCUT2D eigenvalue weighted by Gasteiger charge is -2.32. The van der Waals surface area contributed by atoms with Gasteiger partial charge in [0.25, 0.3) is 0 Å². The van der Waals surface area contributed by atoms with E-state index in [4.69, 9.17) is 5.73 Å². The minimum atomic E-state index is -0.496. The molecule has 1 aromatic carbocycles. The van der Waals surface area contributed by atoms with Gasteiger partial charge < -0.3 is 16.4 Å². The van der Waals surface area contributed by atoms with Crippen LogP contribution in [0.3, 0.4) is 0 Å². The lowest BCUT2D eigenvalue weighted by atomic mass is 10.1. The number of aliphatic imine (C=N–C) groups is 1. The molecule has 1 saturated heterocycles. The monoisotopic (exact) mass is 365 g/mol. The molecule has 1 heterocycles. The number of halogens is 2. The summed E-state index contributed by atoms with van der Waals surface area (Å²) in [6.45, 7) is 1.88. The number of hydrogen-bond acceptors (Lipinski definition) is 3. The highest BCUT2D eigenvalue weighted by Gasteiger charge is 2.42. The molecular weight excluding hydrogens is 340 g/mol. The first-order chi connectivity index (χ1) is 12.5. The number of likely N-dealkylation sites (tertiary alicyclic amines) is 1. The van der Waals surface area contributed by atoms with Crippen LogP contribution in [-0.2, 0) is 4.79 Å². The quantitative estimate of drug-likeness (QED) is 0.536. The van der Waals surface area contributed by atoms with E-state index in [2.05, 4.69) is 15.6 Å². The maximum Gasteiger partial charge on any atom is 0.231 e. The highest BCUT2D eigenvalue weighted by molar-refractivity contribution is 5.81. The smallest absolute Gasteiger partial charge is 0.231 e. The summed E-state index contributed by atoms with van der Waals surface area (Å²) in [6, 6.07) is 4.18. The molecule has 0 bridgehead atoms. The molecule has 0 aromatic heterocycles. The Bertz CT molecular complexity index is 668. The predicted molar refractivity (Wildman–Crippen MR) is 95.8 cm³/mol. The van der Waals surface area contributed by atoms with E-state index in [0.29, 0.717) is 12.4 Å². The average molecular weight is 365 g/mol. The standard InChI is InChI=1S/C18H25F2N5O/c1-22-18(23-11-5-7-25(8-6-11)10-16(21)26)24-15-9-12(15)17-13(19)3-2-4-14(17)20/h2-4,11-12,15H,5-10H2,1H3,(H2,21,26)(H2,22,23,24).